The van der Waals surface area contributed by atoms with Crippen molar-refractivity contribution in [2.75, 3.05) is 0 Å². The summed E-state index contributed by atoms with van der Waals surface area (Å²) in [6.07, 6.45) is 3.21. The van der Waals surface area contributed by atoms with Gasteiger partial charge in [0.2, 0.25) is 0 Å². The monoisotopic (exact) mass is 308 g/mol. The number of aromatic nitrogens is 4. The predicted molar refractivity (Wildman–Crippen MR) is 88.7 cm³/mol. The zero-order valence-corrected chi connectivity index (χ0v) is 13.1. The van der Waals surface area contributed by atoms with Crippen LogP contribution in [-0.4, -0.2) is 19.2 Å². The van der Waals surface area contributed by atoms with Gasteiger partial charge >= 0.3 is 0 Å². The number of pyridine rings is 1. The molecule has 0 saturated heterocycles. The molecule has 0 amide bonds. The lowest BCUT2D eigenvalue weighted by Crippen LogP contribution is -2.05. The van der Waals surface area contributed by atoms with Gasteiger partial charge in [0.05, 0.1) is 17.4 Å². The molecule has 3 heterocycles. The molecule has 0 unspecified atom stereocenters. The van der Waals surface area contributed by atoms with Crippen molar-refractivity contribution in [1.29, 1.82) is 0 Å². The molecule has 23 heavy (non-hydrogen) atoms. The smallest absolute Gasteiger partial charge is 0.139 e. The van der Waals surface area contributed by atoms with E-state index in [-0.39, 0.29) is 5.82 Å². The van der Waals surface area contributed by atoms with E-state index in [0.29, 0.717) is 11.6 Å². The molecule has 0 bridgehead atoms. The molecule has 0 fully saturated rings. The highest BCUT2D eigenvalue weighted by Crippen LogP contribution is 2.29. The Morgan fingerprint density at radius 3 is 2.78 bits per heavy atom. The molecule has 3 aromatic heterocycles. The number of halogens is 1. The topological polar surface area (TPSA) is 35.1 Å². The number of para-hydroxylation sites is 1. The predicted octanol–water partition coefficient (Wildman–Crippen LogP) is 4.15. The van der Waals surface area contributed by atoms with Gasteiger partial charge in [-0.05, 0) is 24.1 Å². The van der Waals surface area contributed by atoms with Gasteiger partial charge in [-0.25, -0.2) is 9.37 Å². The number of benzene rings is 1. The van der Waals surface area contributed by atoms with Gasteiger partial charge in [-0.3, -0.25) is 9.08 Å². The molecule has 5 heteroatoms. The van der Waals surface area contributed by atoms with Crippen LogP contribution in [0, 0.1) is 11.7 Å². The minimum atomic E-state index is -0.289. The lowest BCUT2D eigenvalue weighted by Gasteiger charge is -2.05. The third-order valence-corrected chi connectivity index (χ3v) is 3.91. The fourth-order valence-corrected chi connectivity index (χ4v) is 2.93. The van der Waals surface area contributed by atoms with Gasteiger partial charge in [-0.1, -0.05) is 32.0 Å². The van der Waals surface area contributed by atoms with E-state index < -0.39 is 0 Å². The van der Waals surface area contributed by atoms with Crippen molar-refractivity contribution < 1.29 is 4.39 Å². The second kappa shape index (κ2) is 5.19. The number of fused-ring (bicyclic) bond motifs is 2. The van der Waals surface area contributed by atoms with Crippen molar-refractivity contribution in [3.05, 3.63) is 54.6 Å². The summed E-state index contributed by atoms with van der Waals surface area (Å²) in [7, 11) is 0. The Hall–Kier alpha value is -2.69. The van der Waals surface area contributed by atoms with E-state index in [1.165, 1.54) is 12.3 Å². The first-order chi connectivity index (χ1) is 11.1. The van der Waals surface area contributed by atoms with E-state index >= 15 is 0 Å². The number of imidazole rings is 1. The minimum Gasteiger partial charge on any atom is -0.295 e. The lowest BCUT2D eigenvalue weighted by atomic mass is 10.1. The fraction of sp³-hybridized carbons (Fsp3) is 0.222. The molecule has 0 aliphatic rings. The Labute approximate surface area is 133 Å². The van der Waals surface area contributed by atoms with Gasteiger partial charge in [0.15, 0.2) is 0 Å². The fourth-order valence-electron chi connectivity index (χ4n) is 2.93. The lowest BCUT2D eigenvalue weighted by molar-refractivity contribution is 0.496. The third kappa shape index (κ3) is 2.29. The van der Waals surface area contributed by atoms with Crippen LogP contribution in [0.2, 0.25) is 0 Å². The van der Waals surface area contributed by atoms with Crippen LogP contribution >= 0.6 is 0 Å². The molecule has 0 radical (unpaired) electrons. The summed E-state index contributed by atoms with van der Waals surface area (Å²) in [5.41, 5.74) is 3.43. The van der Waals surface area contributed by atoms with E-state index in [9.17, 15) is 4.39 Å². The molecule has 0 saturated carbocycles. The van der Waals surface area contributed by atoms with Crippen molar-refractivity contribution in [2.45, 2.75) is 20.4 Å². The summed E-state index contributed by atoms with van der Waals surface area (Å²) in [6, 6.07) is 11.2. The Kier molecular flexibility index (Phi) is 3.15. The largest absolute Gasteiger partial charge is 0.295 e. The van der Waals surface area contributed by atoms with Crippen LogP contribution in [-0.2, 0) is 6.54 Å². The summed E-state index contributed by atoms with van der Waals surface area (Å²) in [5, 5.41) is 5.84. The summed E-state index contributed by atoms with van der Waals surface area (Å²) < 4.78 is 17.4. The number of nitrogens with zero attached hydrogens (tertiary/aromatic N) is 4. The highest BCUT2D eigenvalue weighted by molar-refractivity contribution is 5.92. The quantitative estimate of drug-likeness (QED) is 0.570. The molecule has 0 atom stereocenters. The molecular weight excluding hydrogens is 291 g/mol. The molecule has 4 rings (SSSR count). The van der Waals surface area contributed by atoms with Gasteiger partial charge in [0, 0.05) is 18.1 Å². The van der Waals surface area contributed by atoms with E-state index in [2.05, 4.69) is 24.9 Å². The average molecular weight is 308 g/mol. The number of hydrogen-bond donors (Lipinski definition) is 0. The molecule has 0 aliphatic heterocycles. The summed E-state index contributed by atoms with van der Waals surface area (Å²) in [4.78, 5) is 4.36. The van der Waals surface area contributed by atoms with Crippen LogP contribution in [0.4, 0.5) is 4.39 Å². The Bertz CT molecular complexity index is 997. The van der Waals surface area contributed by atoms with Crippen LogP contribution in [0.25, 0.3) is 27.9 Å². The van der Waals surface area contributed by atoms with E-state index in [1.807, 2.05) is 22.9 Å². The molecule has 4 nitrogen and oxygen atoms in total. The van der Waals surface area contributed by atoms with Crippen LogP contribution in [0.15, 0.2) is 48.8 Å². The Morgan fingerprint density at radius 2 is 1.96 bits per heavy atom. The van der Waals surface area contributed by atoms with Crippen molar-refractivity contribution >= 4 is 16.6 Å². The van der Waals surface area contributed by atoms with Gasteiger partial charge in [-0.15, -0.1) is 0 Å². The first kappa shape index (κ1) is 13.9. The third-order valence-electron chi connectivity index (χ3n) is 3.91. The highest BCUT2D eigenvalue weighted by Gasteiger charge is 2.16. The summed E-state index contributed by atoms with van der Waals surface area (Å²) >= 11 is 0. The standard InChI is InChI=1S/C18H17FN4/c1-12(2)10-23-15-6-4-3-5-14(15)18(21-23)16-9-20-17-8-7-13(19)11-22(16)17/h3-9,11-12H,10H2,1-2H3. The highest BCUT2D eigenvalue weighted by atomic mass is 19.1. The first-order valence-corrected chi connectivity index (χ1v) is 7.72. The van der Waals surface area contributed by atoms with Crippen LogP contribution in [0.1, 0.15) is 13.8 Å². The maximum Gasteiger partial charge on any atom is 0.139 e. The number of rotatable bonds is 3. The molecular formula is C18H17FN4. The molecule has 4 aromatic rings. The second-order valence-electron chi connectivity index (χ2n) is 6.16. The Morgan fingerprint density at radius 1 is 1.13 bits per heavy atom. The summed E-state index contributed by atoms with van der Waals surface area (Å²) in [5.74, 6) is 0.202. The second-order valence-corrected chi connectivity index (χ2v) is 6.16. The molecule has 0 N–H and O–H groups in total. The molecule has 1 aromatic carbocycles. The SMILES string of the molecule is CC(C)Cn1nc(-c2cnc3ccc(F)cn23)c2ccccc21. The van der Waals surface area contributed by atoms with Crippen LogP contribution < -0.4 is 0 Å². The van der Waals surface area contributed by atoms with Gasteiger partial charge in [0.1, 0.15) is 17.2 Å². The van der Waals surface area contributed by atoms with Crippen LogP contribution in [0.5, 0.6) is 0 Å². The maximum absolute atomic E-state index is 13.6. The van der Waals surface area contributed by atoms with E-state index in [0.717, 1.165) is 28.8 Å². The van der Waals surface area contributed by atoms with Crippen molar-refractivity contribution in [3.8, 4) is 11.4 Å². The van der Waals surface area contributed by atoms with E-state index in [4.69, 9.17) is 5.10 Å². The van der Waals surface area contributed by atoms with E-state index in [1.54, 1.807) is 16.7 Å². The van der Waals surface area contributed by atoms with Crippen molar-refractivity contribution in [3.63, 3.8) is 0 Å². The van der Waals surface area contributed by atoms with Crippen LogP contribution in [0.3, 0.4) is 0 Å². The van der Waals surface area contributed by atoms with Gasteiger partial charge < -0.3 is 0 Å². The molecule has 0 aliphatic carbocycles. The zero-order chi connectivity index (χ0) is 16.0. The van der Waals surface area contributed by atoms with Gasteiger partial charge in [-0.2, -0.15) is 5.10 Å². The molecule has 0 spiro atoms. The van der Waals surface area contributed by atoms with Gasteiger partial charge in [0.25, 0.3) is 0 Å². The first-order valence-electron chi connectivity index (χ1n) is 7.72. The van der Waals surface area contributed by atoms with Crippen molar-refractivity contribution in [1.82, 2.24) is 19.2 Å². The summed E-state index contributed by atoms with van der Waals surface area (Å²) in [6.45, 7) is 5.17. The minimum absolute atomic E-state index is 0.289. The average Bonchev–Trinajstić information content (AvgIpc) is 3.08. The normalized spacial score (nSPS) is 11.8. The Balaban J connectivity index is 1.99. The molecule has 116 valence electrons. The van der Waals surface area contributed by atoms with Crippen molar-refractivity contribution in [2.24, 2.45) is 5.92 Å². The number of hydrogen-bond acceptors (Lipinski definition) is 2. The zero-order valence-electron chi connectivity index (χ0n) is 13.1. The maximum atomic E-state index is 13.6.